The Morgan fingerprint density at radius 2 is 1.85 bits per heavy atom. The van der Waals surface area contributed by atoms with Gasteiger partial charge in [0.05, 0.1) is 0 Å². The standard InChI is InChI=1S/C11H22N2/c1-10(7-12)13-8-11(9-13)5-3-2-4-6-11/h10H,2-9,12H2,1H3. The highest BCUT2D eigenvalue weighted by Crippen LogP contribution is 2.44. The summed E-state index contributed by atoms with van der Waals surface area (Å²) in [6, 6.07) is 0.604. The molecule has 2 fully saturated rings. The summed E-state index contributed by atoms with van der Waals surface area (Å²) in [5.41, 5.74) is 6.38. The lowest BCUT2D eigenvalue weighted by Crippen LogP contribution is -2.61. The Hall–Kier alpha value is -0.0800. The third-order valence-corrected chi connectivity index (χ3v) is 3.96. The number of hydrogen-bond acceptors (Lipinski definition) is 2. The van der Waals surface area contributed by atoms with Crippen molar-refractivity contribution in [1.82, 2.24) is 4.90 Å². The highest BCUT2D eigenvalue weighted by atomic mass is 15.2. The number of nitrogens with zero attached hydrogens (tertiary/aromatic N) is 1. The van der Waals surface area contributed by atoms with E-state index in [2.05, 4.69) is 11.8 Å². The van der Waals surface area contributed by atoms with E-state index in [1.54, 1.807) is 0 Å². The van der Waals surface area contributed by atoms with Gasteiger partial charge in [-0.3, -0.25) is 4.90 Å². The van der Waals surface area contributed by atoms with Crippen LogP contribution in [0.4, 0.5) is 0 Å². The monoisotopic (exact) mass is 182 g/mol. The van der Waals surface area contributed by atoms with E-state index in [4.69, 9.17) is 5.73 Å². The van der Waals surface area contributed by atoms with E-state index in [0.717, 1.165) is 12.0 Å². The molecule has 1 saturated carbocycles. The molecule has 1 aliphatic heterocycles. The van der Waals surface area contributed by atoms with Crippen LogP contribution in [0.3, 0.4) is 0 Å². The summed E-state index contributed by atoms with van der Waals surface area (Å²) >= 11 is 0. The summed E-state index contributed by atoms with van der Waals surface area (Å²) in [4.78, 5) is 2.55. The molecule has 2 heteroatoms. The molecule has 1 spiro atoms. The zero-order valence-corrected chi connectivity index (χ0v) is 8.76. The minimum Gasteiger partial charge on any atom is -0.329 e. The second kappa shape index (κ2) is 3.58. The molecule has 1 heterocycles. The summed E-state index contributed by atoms with van der Waals surface area (Å²) in [6.45, 7) is 5.71. The van der Waals surface area contributed by atoms with Crippen LogP contribution in [-0.2, 0) is 0 Å². The van der Waals surface area contributed by atoms with Crippen molar-refractivity contribution >= 4 is 0 Å². The minimum absolute atomic E-state index is 0.604. The van der Waals surface area contributed by atoms with Gasteiger partial charge in [-0.25, -0.2) is 0 Å². The number of rotatable bonds is 2. The first-order chi connectivity index (χ1) is 6.26. The predicted molar refractivity (Wildman–Crippen MR) is 55.6 cm³/mol. The van der Waals surface area contributed by atoms with Gasteiger partial charge in [-0.15, -0.1) is 0 Å². The molecule has 2 rings (SSSR count). The van der Waals surface area contributed by atoms with Gasteiger partial charge >= 0.3 is 0 Å². The Kier molecular flexibility index (Phi) is 2.61. The van der Waals surface area contributed by atoms with Gasteiger partial charge in [-0.2, -0.15) is 0 Å². The smallest absolute Gasteiger partial charge is 0.0190 e. The molecule has 1 saturated heterocycles. The quantitative estimate of drug-likeness (QED) is 0.703. The number of likely N-dealkylation sites (tertiary alicyclic amines) is 1. The van der Waals surface area contributed by atoms with Gasteiger partial charge in [-0.1, -0.05) is 19.3 Å². The van der Waals surface area contributed by atoms with Crippen LogP contribution < -0.4 is 5.73 Å². The Morgan fingerprint density at radius 3 is 2.38 bits per heavy atom. The summed E-state index contributed by atoms with van der Waals surface area (Å²) in [6.07, 6.45) is 7.34. The van der Waals surface area contributed by atoms with Crippen molar-refractivity contribution in [2.24, 2.45) is 11.1 Å². The van der Waals surface area contributed by atoms with Crippen LogP contribution in [0.25, 0.3) is 0 Å². The van der Waals surface area contributed by atoms with E-state index < -0.39 is 0 Å². The SMILES string of the molecule is CC(CN)N1CC2(CCCCC2)C1. The fraction of sp³-hybridized carbons (Fsp3) is 1.00. The second-order valence-corrected chi connectivity index (χ2v) is 5.05. The van der Waals surface area contributed by atoms with Crippen molar-refractivity contribution in [1.29, 1.82) is 0 Å². The van der Waals surface area contributed by atoms with E-state index in [9.17, 15) is 0 Å². The zero-order chi connectivity index (χ0) is 9.31. The zero-order valence-electron chi connectivity index (χ0n) is 8.76. The summed E-state index contributed by atoms with van der Waals surface area (Å²) in [5.74, 6) is 0. The van der Waals surface area contributed by atoms with Crippen LogP contribution in [0, 0.1) is 5.41 Å². The van der Waals surface area contributed by atoms with Crippen molar-refractivity contribution in [2.45, 2.75) is 45.1 Å². The maximum absolute atomic E-state index is 5.66. The Labute approximate surface area is 81.5 Å². The Bertz CT molecular complexity index is 165. The molecule has 2 N–H and O–H groups in total. The van der Waals surface area contributed by atoms with Gasteiger partial charge in [0, 0.05) is 25.7 Å². The van der Waals surface area contributed by atoms with E-state index >= 15 is 0 Å². The molecule has 2 nitrogen and oxygen atoms in total. The maximum Gasteiger partial charge on any atom is 0.0190 e. The fourth-order valence-electron chi connectivity index (χ4n) is 2.89. The fourth-order valence-corrected chi connectivity index (χ4v) is 2.89. The van der Waals surface area contributed by atoms with E-state index in [1.807, 2.05) is 0 Å². The summed E-state index contributed by atoms with van der Waals surface area (Å²) in [7, 11) is 0. The first-order valence-corrected chi connectivity index (χ1v) is 5.70. The highest BCUT2D eigenvalue weighted by molar-refractivity contribution is 4.98. The molecule has 76 valence electrons. The Morgan fingerprint density at radius 1 is 1.23 bits per heavy atom. The minimum atomic E-state index is 0.604. The van der Waals surface area contributed by atoms with Crippen LogP contribution in [0.1, 0.15) is 39.0 Å². The van der Waals surface area contributed by atoms with Crippen LogP contribution in [0.5, 0.6) is 0 Å². The van der Waals surface area contributed by atoms with Gasteiger partial charge in [0.1, 0.15) is 0 Å². The molecule has 0 radical (unpaired) electrons. The number of hydrogen-bond donors (Lipinski definition) is 1. The van der Waals surface area contributed by atoms with Crippen molar-refractivity contribution in [3.05, 3.63) is 0 Å². The van der Waals surface area contributed by atoms with Crippen LogP contribution in [0.2, 0.25) is 0 Å². The predicted octanol–water partition coefficient (Wildman–Crippen LogP) is 1.60. The van der Waals surface area contributed by atoms with Gasteiger partial charge in [0.2, 0.25) is 0 Å². The molecule has 0 aromatic rings. The lowest BCUT2D eigenvalue weighted by atomic mass is 9.68. The number of nitrogens with two attached hydrogens (primary N) is 1. The van der Waals surface area contributed by atoms with Crippen LogP contribution in [0.15, 0.2) is 0 Å². The van der Waals surface area contributed by atoms with Crippen molar-refractivity contribution in [2.75, 3.05) is 19.6 Å². The van der Waals surface area contributed by atoms with Crippen LogP contribution in [-0.4, -0.2) is 30.6 Å². The third kappa shape index (κ3) is 1.75. The van der Waals surface area contributed by atoms with Gasteiger partial charge in [0.25, 0.3) is 0 Å². The molecule has 1 aliphatic carbocycles. The molecule has 1 atom stereocenters. The molecular formula is C11H22N2. The van der Waals surface area contributed by atoms with E-state index in [1.165, 1.54) is 45.2 Å². The van der Waals surface area contributed by atoms with Gasteiger partial charge in [0.15, 0.2) is 0 Å². The summed E-state index contributed by atoms with van der Waals surface area (Å²) < 4.78 is 0. The van der Waals surface area contributed by atoms with E-state index in [0.29, 0.717) is 6.04 Å². The Balaban J connectivity index is 1.81. The first kappa shape index (κ1) is 9.47. The molecular weight excluding hydrogens is 160 g/mol. The molecule has 2 aliphatic rings. The van der Waals surface area contributed by atoms with Crippen LogP contribution >= 0.6 is 0 Å². The largest absolute Gasteiger partial charge is 0.329 e. The molecule has 13 heavy (non-hydrogen) atoms. The molecule has 0 bridgehead atoms. The first-order valence-electron chi connectivity index (χ1n) is 5.70. The normalized spacial score (nSPS) is 30.0. The average molecular weight is 182 g/mol. The molecule has 0 aromatic carbocycles. The maximum atomic E-state index is 5.66. The highest BCUT2D eigenvalue weighted by Gasteiger charge is 2.44. The average Bonchev–Trinajstić information content (AvgIpc) is 2.14. The molecule has 0 amide bonds. The van der Waals surface area contributed by atoms with Crippen molar-refractivity contribution in [3.63, 3.8) is 0 Å². The van der Waals surface area contributed by atoms with Gasteiger partial charge < -0.3 is 5.73 Å². The third-order valence-electron chi connectivity index (χ3n) is 3.96. The molecule has 0 aromatic heterocycles. The van der Waals surface area contributed by atoms with E-state index in [-0.39, 0.29) is 0 Å². The van der Waals surface area contributed by atoms with Crippen molar-refractivity contribution in [3.8, 4) is 0 Å². The summed E-state index contributed by atoms with van der Waals surface area (Å²) in [5, 5.41) is 0. The lowest BCUT2D eigenvalue weighted by Gasteiger charge is -2.54. The lowest BCUT2D eigenvalue weighted by molar-refractivity contribution is -0.0485. The van der Waals surface area contributed by atoms with Crippen molar-refractivity contribution < 1.29 is 0 Å². The molecule has 1 unspecified atom stereocenters. The second-order valence-electron chi connectivity index (χ2n) is 5.05. The topological polar surface area (TPSA) is 29.3 Å². The van der Waals surface area contributed by atoms with Gasteiger partial charge in [-0.05, 0) is 25.2 Å².